The van der Waals surface area contributed by atoms with Crippen molar-refractivity contribution >= 4 is 17.9 Å². The van der Waals surface area contributed by atoms with Gasteiger partial charge in [0.2, 0.25) is 0 Å². The molecule has 4 saturated carbocycles. The van der Waals surface area contributed by atoms with Crippen LogP contribution >= 0.6 is 0 Å². The number of hydrogen-bond donors (Lipinski definition) is 1. The monoisotopic (exact) mass is 478 g/mol. The van der Waals surface area contributed by atoms with Crippen molar-refractivity contribution in [2.45, 2.75) is 110 Å². The quantitative estimate of drug-likeness (QED) is 0.467. The molecule has 0 heterocycles. The van der Waals surface area contributed by atoms with Gasteiger partial charge in [-0.05, 0) is 86.9 Å². The third-order valence-electron chi connectivity index (χ3n) is 10.4. The van der Waals surface area contributed by atoms with E-state index in [1.165, 1.54) is 20.8 Å². The number of fused-ring (bicyclic) bond motifs is 5. The Labute approximate surface area is 203 Å². The predicted octanol–water partition coefficient (Wildman–Crippen LogP) is 4.19. The molecule has 0 bridgehead atoms. The number of carbonyl (C=O) groups excluding carboxylic acids is 3. The molecule has 0 aromatic rings. The summed E-state index contributed by atoms with van der Waals surface area (Å²) in [6.07, 6.45) is 7.74. The molecule has 0 saturated heterocycles. The third kappa shape index (κ3) is 4.16. The average molecular weight is 479 g/mol. The van der Waals surface area contributed by atoms with Crippen LogP contribution in [0.25, 0.3) is 0 Å². The molecular weight excluding hydrogens is 436 g/mol. The van der Waals surface area contributed by atoms with Crippen molar-refractivity contribution in [3.63, 3.8) is 0 Å². The molecule has 4 fully saturated rings. The highest BCUT2D eigenvalue weighted by molar-refractivity contribution is 5.67. The van der Waals surface area contributed by atoms with Gasteiger partial charge in [-0.2, -0.15) is 0 Å². The standard InChI is InChI=1S/C27H42O7/c1-16(28)32-15-24(34-18(3)30)27(31)13-10-23-21-7-6-19-14-20(33-17(2)29)8-11-25(19,4)22(21)9-12-26(23,27)5/h19-24,31H,6-15H2,1-5H3/t19-,20-,21+,22-,23-,24-,25-,26-,27+/m0/s1. The van der Waals surface area contributed by atoms with E-state index in [1.807, 2.05) is 0 Å². The van der Waals surface area contributed by atoms with Crippen LogP contribution in [0.4, 0.5) is 0 Å². The van der Waals surface area contributed by atoms with E-state index in [0.29, 0.717) is 30.1 Å². The lowest BCUT2D eigenvalue weighted by Gasteiger charge is -2.62. The van der Waals surface area contributed by atoms with E-state index >= 15 is 0 Å². The predicted molar refractivity (Wildman–Crippen MR) is 124 cm³/mol. The Morgan fingerprint density at radius 3 is 2.24 bits per heavy atom. The van der Waals surface area contributed by atoms with E-state index in [-0.39, 0.29) is 24.1 Å². The number of hydrogen-bond acceptors (Lipinski definition) is 7. The van der Waals surface area contributed by atoms with E-state index in [1.54, 1.807) is 0 Å². The first-order chi connectivity index (χ1) is 15.9. The molecule has 192 valence electrons. The molecule has 1 N–H and O–H groups in total. The summed E-state index contributed by atoms with van der Waals surface area (Å²) >= 11 is 0. The van der Waals surface area contributed by atoms with Gasteiger partial charge in [-0.25, -0.2) is 0 Å². The molecule has 0 spiro atoms. The first kappa shape index (κ1) is 25.5. The van der Waals surface area contributed by atoms with E-state index in [4.69, 9.17) is 14.2 Å². The SMILES string of the molecule is CC(=O)OC[C@H](OC(C)=O)[C@]1(O)CC[C@H]2[C@@H]3CC[C@H]4C[C@@H](OC(C)=O)CC[C@]4(C)[C@H]3CC[C@@]21C. The smallest absolute Gasteiger partial charge is 0.303 e. The van der Waals surface area contributed by atoms with Gasteiger partial charge < -0.3 is 19.3 Å². The van der Waals surface area contributed by atoms with Gasteiger partial charge >= 0.3 is 17.9 Å². The lowest BCUT2D eigenvalue weighted by Crippen LogP contribution is -2.61. The van der Waals surface area contributed by atoms with Gasteiger partial charge in [0.15, 0.2) is 6.10 Å². The van der Waals surface area contributed by atoms with Gasteiger partial charge in [-0.3, -0.25) is 14.4 Å². The summed E-state index contributed by atoms with van der Waals surface area (Å²) in [7, 11) is 0. The van der Waals surface area contributed by atoms with Crippen molar-refractivity contribution in [2.24, 2.45) is 34.5 Å². The van der Waals surface area contributed by atoms with Crippen LogP contribution in [0.5, 0.6) is 0 Å². The Balaban J connectivity index is 1.55. The molecule has 34 heavy (non-hydrogen) atoms. The van der Waals surface area contributed by atoms with Crippen LogP contribution in [-0.2, 0) is 28.6 Å². The molecule has 0 aromatic carbocycles. The normalized spacial score (nSPS) is 44.1. The highest BCUT2D eigenvalue weighted by atomic mass is 16.6. The molecule has 0 aromatic heterocycles. The zero-order valence-electron chi connectivity index (χ0n) is 21.4. The van der Waals surface area contributed by atoms with Crippen LogP contribution < -0.4 is 0 Å². The van der Waals surface area contributed by atoms with Crippen molar-refractivity contribution in [3.05, 3.63) is 0 Å². The first-order valence-corrected chi connectivity index (χ1v) is 13.1. The fourth-order valence-electron chi connectivity index (χ4n) is 8.80. The fourth-order valence-corrected chi connectivity index (χ4v) is 8.80. The van der Waals surface area contributed by atoms with Gasteiger partial charge in [-0.1, -0.05) is 13.8 Å². The minimum absolute atomic E-state index is 0.0447. The lowest BCUT2D eigenvalue weighted by atomic mass is 9.44. The fraction of sp³-hybridized carbons (Fsp3) is 0.889. The number of rotatable bonds is 5. The zero-order valence-corrected chi connectivity index (χ0v) is 21.4. The van der Waals surface area contributed by atoms with Crippen molar-refractivity contribution in [1.82, 2.24) is 0 Å². The summed E-state index contributed by atoms with van der Waals surface area (Å²) in [5, 5.41) is 12.1. The maximum atomic E-state index is 12.1. The van der Waals surface area contributed by atoms with Crippen LogP contribution in [0.15, 0.2) is 0 Å². The average Bonchev–Trinajstić information content (AvgIpc) is 3.02. The molecule has 0 amide bonds. The van der Waals surface area contributed by atoms with Gasteiger partial charge in [-0.15, -0.1) is 0 Å². The molecule has 4 rings (SSSR count). The molecule has 0 aliphatic heterocycles. The van der Waals surface area contributed by atoms with Gasteiger partial charge in [0.1, 0.15) is 18.3 Å². The number of carbonyl (C=O) groups is 3. The summed E-state index contributed by atoms with van der Waals surface area (Å²) in [6, 6.07) is 0. The van der Waals surface area contributed by atoms with Gasteiger partial charge in [0.25, 0.3) is 0 Å². The molecule has 7 nitrogen and oxygen atoms in total. The Morgan fingerprint density at radius 1 is 0.882 bits per heavy atom. The Bertz CT molecular complexity index is 826. The number of aliphatic hydroxyl groups is 1. The molecule has 9 atom stereocenters. The summed E-state index contributed by atoms with van der Waals surface area (Å²) in [4.78, 5) is 34.9. The minimum Gasteiger partial charge on any atom is -0.463 e. The largest absolute Gasteiger partial charge is 0.463 e. The van der Waals surface area contributed by atoms with Crippen LogP contribution in [0.1, 0.15) is 92.4 Å². The second-order valence-electron chi connectivity index (χ2n) is 12.0. The topological polar surface area (TPSA) is 99.1 Å². The molecule has 0 radical (unpaired) electrons. The minimum atomic E-state index is -1.21. The summed E-state index contributed by atoms with van der Waals surface area (Å²) < 4.78 is 16.4. The van der Waals surface area contributed by atoms with E-state index in [9.17, 15) is 19.5 Å². The second kappa shape index (κ2) is 9.11. The van der Waals surface area contributed by atoms with Crippen LogP contribution in [0, 0.1) is 34.5 Å². The van der Waals surface area contributed by atoms with Crippen molar-refractivity contribution in [1.29, 1.82) is 0 Å². The van der Waals surface area contributed by atoms with Crippen molar-refractivity contribution in [3.8, 4) is 0 Å². The summed E-state index contributed by atoms with van der Waals surface area (Å²) in [5.41, 5.74) is -1.38. The molecule has 4 aliphatic carbocycles. The maximum Gasteiger partial charge on any atom is 0.303 e. The Hall–Kier alpha value is -1.63. The van der Waals surface area contributed by atoms with E-state index in [0.717, 1.165) is 51.4 Å². The maximum absolute atomic E-state index is 12.1. The van der Waals surface area contributed by atoms with Crippen LogP contribution in [0.2, 0.25) is 0 Å². The molecule has 7 heteroatoms. The number of ether oxygens (including phenoxy) is 3. The van der Waals surface area contributed by atoms with Crippen molar-refractivity contribution in [2.75, 3.05) is 6.61 Å². The second-order valence-corrected chi connectivity index (χ2v) is 12.0. The summed E-state index contributed by atoms with van der Waals surface area (Å²) in [5.74, 6) is 0.919. The van der Waals surface area contributed by atoms with E-state index in [2.05, 4.69) is 13.8 Å². The van der Waals surface area contributed by atoms with Gasteiger partial charge in [0.05, 0.1) is 0 Å². The molecule has 4 aliphatic rings. The van der Waals surface area contributed by atoms with Crippen LogP contribution in [-0.4, -0.2) is 47.4 Å². The van der Waals surface area contributed by atoms with Gasteiger partial charge in [0, 0.05) is 26.2 Å². The van der Waals surface area contributed by atoms with Crippen LogP contribution in [0.3, 0.4) is 0 Å². The molecule has 0 unspecified atom stereocenters. The number of esters is 3. The van der Waals surface area contributed by atoms with E-state index < -0.39 is 29.1 Å². The lowest BCUT2D eigenvalue weighted by molar-refractivity contribution is -0.213. The first-order valence-electron chi connectivity index (χ1n) is 13.1. The molecular formula is C27H42O7. The summed E-state index contributed by atoms with van der Waals surface area (Å²) in [6.45, 7) is 8.66. The third-order valence-corrected chi connectivity index (χ3v) is 10.4. The highest BCUT2D eigenvalue weighted by Crippen LogP contribution is 2.69. The van der Waals surface area contributed by atoms with Crippen molar-refractivity contribution < 1.29 is 33.7 Å². The Kier molecular flexibility index (Phi) is 6.82. The Morgan fingerprint density at radius 2 is 1.59 bits per heavy atom. The zero-order chi connectivity index (χ0) is 24.9. The highest BCUT2D eigenvalue weighted by Gasteiger charge is 2.67.